The molecule has 0 saturated heterocycles. The summed E-state index contributed by atoms with van der Waals surface area (Å²) in [6.45, 7) is 4.51. The number of hydrogen-bond acceptors (Lipinski definition) is 1. The fourth-order valence-electron chi connectivity index (χ4n) is 2.39. The van der Waals surface area contributed by atoms with Gasteiger partial charge < -0.3 is 5.73 Å². The van der Waals surface area contributed by atoms with Gasteiger partial charge in [-0.25, -0.2) is 0 Å². The molecule has 1 aliphatic carbocycles. The Morgan fingerprint density at radius 1 is 1.23 bits per heavy atom. The van der Waals surface area contributed by atoms with Gasteiger partial charge in [-0.05, 0) is 38.0 Å². The Labute approximate surface area is 83.1 Å². The second-order valence-corrected chi connectivity index (χ2v) is 4.80. The Balaban J connectivity index is 2.22. The Bertz CT molecular complexity index is 134. The predicted molar refractivity (Wildman–Crippen MR) is 58.7 cm³/mol. The molecule has 1 heteroatoms. The van der Waals surface area contributed by atoms with E-state index < -0.39 is 0 Å². The monoisotopic (exact) mass is 183 g/mol. The first-order valence-electron chi connectivity index (χ1n) is 5.99. The maximum Gasteiger partial charge on any atom is 0.0151 e. The highest BCUT2D eigenvalue weighted by atomic mass is 14.7. The molecule has 1 aliphatic rings. The highest BCUT2D eigenvalue weighted by Crippen LogP contribution is 2.34. The van der Waals surface area contributed by atoms with E-state index in [0.717, 1.165) is 12.3 Å². The maximum absolute atomic E-state index is 6.25. The zero-order valence-corrected chi connectivity index (χ0v) is 9.31. The zero-order chi connectivity index (χ0) is 9.73. The van der Waals surface area contributed by atoms with E-state index in [1.54, 1.807) is 0 Å². The van der Waals surface area contributed by atoms with Gasteiger partial charge in [-0.3, -0.25) is 0 Å². The molecule has 0 radical (unpaired) electrons. The van der Waals surface area contributed by atoms with Crippen molar-refractivity contribution in [2.24, 2.45) is 11.7 Å². The molecule has 1 rings (SSSR count). The van der Waals surface area contributed by atoms with E-state index in [1.165, 1.54) is 44.9 Å². The Morgan fingerprint density at radius 3 is 2.31 bits per heavy atom. The molecular weight excluding hydrogens is 158 g/mol. The summed E-state index contributed by atoms with van der Waals surface area (Å²) < 4.78 is 0. The topological polar surface area (TPSA) is 26.0 Å². The minimum Gasteiger partial charge on any atom is -0.325 e. The first kappa shape index (κ1) is 11.0. The third kappa shape index (κ3) is 3.30. The summed E-state index contributed by atoms with van der Waals surface area (Å²) in [7, 11) is 0. The SMILES string of the molecule is CCCCC1CCC(N)(CC)CC1. The van der Waals surface area contributed by atoms with Crippen LogP contribution in [0.25, 0.3) is 0 Å². The molecule has 0 bridgehead atoms. The van der Waals surface area contributed by atoms with Crippen LogP contribution >= 0.6 is 0 Å². The van der Waals surface area contributed by atoms with E-state index in [9.17, 15) is 0 Å². The van der Waals surface area contributed by atoms with Crippen molar-refractivity contribution >= 4 is 0 Å². The van der Waals surface area contributed by atoms with Crippen molar-refractivity contribution in [3.05, 3.63) is 0 Å². The molecule has 0 aromatic rings. The van der Waals surface area contributed by atoms with Crippen LogP contribution in [0.4, 0.5) is 0 Å². The Kier molecular flexibility index (Phi) is 4.24. The fraction of sp³-hybridized carbons (Fsp3) is 1.00. The van der Waals surface area contributed by atoms with E-state index in [4.69, 9.17) is 5.73 Å². The van der Waals surface area contributed by atoms with Crippen LogP contribution in [-0.2, 0) is 0 Å². The molecule has 78 valence electrons. The van der Waals surface area contributed by atoms with E-state index in [1.807, 2.05) is 0 Å². The molecule has 0 aromatic heterocycles. The fourth-order valence-corrected chi connectivity index (χ4v) is 2.39. The molecule has 13 heavy (non-hydrogen) atoms. The molecular formula is C12H25N. The predicted octanol–water partition coefficient (Wildman–Crippen LogP) is 3.47. The molecule has 1 fully saturated rings. The van der Waals surface area contributed by atoms with Gasteiger partial charge in [-0.1, -0.05) is 33.1 Å². The third-order valence-corrected chi connectivity index (χ3v) is 3.77. The molecule has 0 heterocycles. The number of rotatable bonds is 4. The summed E-state index contributed by atoms with van der Waals surface area (Å²) in [5.41, 5.74) is 6.45. The lowest BCUT2D eigenvalue weighted by molar-refractivity contribution is 0.217. The van der Waals surface area contributed by atoms with E-state index in [-0.39, 0.29) is 5.54 Å². The first-order valence-corrected chi connectivity index (χ1v) is 5.99. The van der Waals surface area contributed by atoms with Crippen molar-refractivity contribution in [2.45, 2.75) is 70.8 Å². The number of unbranched alkanes of at least 4 members (excludes halogenated alkanes) is 1. The van der Waals surface area contributed by atoms with Crippen LogP contribution in [0.5, 0.6) is 0 Å². The van der Waals surface area contributed by atoms with Crippen molar-refractivity contribution in [3.63, 3.8) is 0 Å². The zero-order valence-electron chi connectivity index (χ0n) is 9.31. The molecule has 1 nitrogen and oxygen atoms in total. The molecule has 2 N–H and O–H groups in total. The van der Waals surface area contributed by atoms with E-state index in [2.05, 4.69) is 13.8 Å². The van der Waals surface area contributed by atoms with Crippen molar-refractivity contribution in [2.75, 3.05) is 0 Å². The lowest BCUT2D eigenvalue weighted by atomic mass is 9.74. The Hall–Kier alpha value is -0.0400. The standard InChI is InChI=1S/C12H25N/c1-3-5-6-11-7-9-12(13,4-2)10-8-11/h11H,3-10,13H2,1-2H3. The highest BCUT2D eigenvalue weighted by molar-refractivity contribution is 4.88. The minimum atomic E-state index is 0.197. The van der Waals surface area contributed by atoms with Gasteiger partial charge >= 0.3 is 0 Å². The highest BCUT2D eigenvalue weighted by Gasteiger charge is 2.29. The van der Waals surface area contributed by atoms with Gasteiger partial charge in [-0.15, -0.1) is 0 Å². The summed E-state index contributed by atoms with van der Waals surface area (Å²) in [6.07, 6.45) is 10.6. The van der Waals surface area contributed by atoms with Gasteiger partial charge in [0.1, 0.15) is 0 Å². The second-order valence-electron chi connectivity index (χ2n) is 4.80. The minimum absolute atomic E-state index is 0.197. The quantitative estimate of drug-likeness (QED) is 0.709. The summed E-state index contributed by atoms with van der Waals surface area (Å²) >= 11 is 0. The maximum atomic E-state index is 6.25. The summed E-state index contributed by atoms with van der Waals surface area (Å²) in [5.74, 6) is 0.989. The number of hydrogen-bond donors (Lipinski definition) is 1. The summed E-state index contributed by atoms with van der Waals surface area (Å²) in [4.78, 5) is 0. The van der Waals surface area contributed by atoms with Crippen molar-refractivity contribution in [3.8, 4) is 0 Å². The summed E-state index contributed by atoms with van der Waals surface area (Å²) in [6, 6.07) is 0. The van der Waals surface area contributed by atoms with Gasteiger partial charge in [0.05, 0.1) is 0 Å². The smallest absolute Gasteiger partial charge is 0.0151 e. The Morgan fingerprint density at radius 2 is 1.85 bits per heavy atom. The van der Waals surface area contributed by atoms with E-state index in [0.29, 0.717) is 0 Å². The number of nitrogens with two attached hydrogens (primary N) is 1. The van der Waals surface area contributed by atoms with Crippen LogP contribution in [-0.4, -0.2) is 5.54 Å². The van der Waals surface area contributed by atoms with Crippen LogP contribution in [0, 0.1) is 5.92 Å². The van der Waals surface area contributed by atoms with E-state index >= 15 is 0 Å². The summed E-state index contributed by atoms with van der Waals surface area (Å²) in [5, 5.41) is 0. The van der Waals surface area contributed by atoms with Gasteiger partial charge in [0.2, 0.25) is 0 Å². The van der Waals surface area contributed by atoms with Gasteiger partial charge in [0.15, 0.2) is 0 Å². The molecule has 0 aliphatic heterocycles. The largest absolute Gasteiger partial charge is 0.325 e. The molecule has 0 atom stereocenters. The van der Waals surface area contributed by atoms with Crippen LogP contribution in [0.2, 0.25) is 0 Å². The van der Waals surface area contributed by atoms with Crippen LogP contribution < -0.4 is 5.73 Å². The molecule has 0 unspecified atom stereocenters. The van der Waals surface area contributed by atoms with Gasteiger partial charge in [-0.2, -0.15) is 0 Å². The molecule has 1 saturated carbocycles. The average Bonchev–Trinajstić information content (AvgIpc) is 2.17. The third-order valence-electron chi connectivity index (χ3n) is 3.77. The average molecular weight is 183 g/mol. The molecule has 0 amide bonds. The van der Waals surface area contributed by atoms with Crippen molar-refractivity contribution in [1.29, 1.82) is 0 Å². The lowest BCUT2D eigenvalue weighted by Gasteiger charge is -2.36. The van der Waals surface area contributed by atoms with Crippen molar-refractivity contribution in [1.82, 2.24) is 0 Å². The molecule has 0 aromatic carbocycles. The normalized spacial score (nSPS) is 34.8. The van der Waals surface area contributed by atoms with Crippen LogP contribution in [0.3, 0.4) is 0 Å². The molecule has 0 spiro atoms. The van der Waals surface area contributed by atoms with Gasteiger partial charge in [0, 0.05) is 5.54 Å². The van der Waals surface area contributed by atoms with Crippen LogP contribution in [0.15, 0.2) is 0 Å². The van der Waals surface area contributed by atoms with Crippen LogP contribution in [0.1, 0.15) is 65.2 Å². The lowest BCUT2D eigenvalue weighted by Crippen LogP contribution is -2.42. The second kappa shape index (κ2) is 4.99. The van der Waals surface area contributed by atoms with Crippen molar-refractivity contribution < 1.29 is 0 Å². The van der Waals surface area contributed by atoms with Gasteiger partial charge in [0.25, 0.3) is 0 Å². The first-order chi connectivity index (χ1) is 6.20.